The van der Waals surface area contributed by atoms with Crippen LogP contribution < -0.4 is 20.6 Å². The van der Waals surface area contributed by atoms with Gasteiger partial charge in [-0.2, -0.15) is 0 Å². The summed E-state index contributed by atoms with van der Waals surface area (Å²) < 4.78 is 10.7. The van der Waals surface area contributed by atoms with E-state index in [1.807, 2.05) is 12.1 Å². The van der Waals surface area contributed by atoms with E-state index in [9.17, 15) is 14.4 Å². The Bertz CT molecular complexity index is 1470. The van der Waals surface area contributed by atoms with Gasteiger partial charge in [0.05, 0.1) is 11.4 Å². The van der Waals surface area contributed by atoms with E-state index in [1.165, 1.54) is 17.4 Å². The summed E-state index contributed by atoms with van der Waals surface area (Å²) in [5.74, 6) is -0.149. The lowest BCUT2D eigenvalue weighted by Crippen LogP contribution is -2.38. The van der Waals surface area contributed by atoms with Gasteiger partial charge < -0.3 is 14.1 Å². The molecule has 0 aliphatic carbocycles. The summed E-state index contributed by atoms with van der Waals surface area (Å²) in [6.45, 7) is 4.06. The molecule has 0 fully saturated rings. The number of anilines is 2. The number of aromatic nitrogens is 1. The quantitative estimate of drug-likeness (QED) is 0.356. The van der Waals surface area contributed by atoms with E-state index in [0.29, 0.717) is 39.8 Å². The third kappa shape index (κ3) is 3.90. The second kappa shape index (κ2) is 8.36. The van der Waals surface area contributed by atoms with Gasteiger partial charge in [-0.1, -0.05) is 24.3 Å². The highest BCUT2D eigenvalue weighted by molar-refractivity contribution is 7.14. The first-order valence-electron chi connectivity index (χ1n) is 10.0. The fraction of sp³-hybridized carbons (Fsp3) is 0.0833. The molecule has 2 amide bonds. The number of carbonyl (C=O) groups excluding carboxylic acids is 2. The van der Waals surface area contributed by atoms with Gasteiger partial charge in [-0.25, -0.2) is 9.78 Å². The molecule has 1 aliphatic heterocycles. The minimum Gasteiger partial charge on any atom is -0.482 e. The summed E-state index contributed by atoms with van der Waals surface area (Å²) in [4.78, 5) is 43.2. The lowest BCUT2D eigenvalue weighted by atomic mass is 10.1. The lowest BCUT2D eigenvalue weighted by Gasteiger charge is -2.28. The van der Waals surface area contributed by atoms with Gasteiger partial charge >= 0.3 is 5.63 Å². The van der Waals surface area contributed by atoms with E-state index in [2.05, 4.69) is 16.9 Å². The molecule has 8 nitrogen and oxygen atoms in total. The molecule has 3 heterocycles. The van der Waals surface area contributed by atoms with E-state index < -0.39 is 11.5 Å². The summed E-state index contributed by atoms with van der Waals surface area (Å²) in [6.07, 6.45) is 1.65. The Labute approximate surface area is 191 Å². The van der Waals surface area contributed by atoms with Crippen LogP contribution in [-0.4, -0.2) is 29.9 Å². The number of fused-ring (bicyclic) bond motifs is 2. The molecule has 0 bridgehead atoms. The van der Waals surface area contributed by atoms with Crippen molar-refractivity contribution in [3.05, 3.63) is 82.5 Å². The van der Waals surface area contributed by atoms with Gasteiger partial charge in [-0.3, -0.25) is 14.9 Å². The van der Waals surface area contributed by atoms with Crippen LogP contribution in [0.1, 0.15) is 10.4 Å². The maximum atomic E-state index is 12.7. The zero-order chi connectivity index (χ0) is 22.9. The highest BCUT2D eigenvalue weighted by Gasteiger charge is 2.25. The number of nitrogens with zero attached hydrogens (tertiary/aromatic N) is 2. The number of nitrogens with one attached hydrogen (secondary N) is 1. The number of hydrogen-bond acceptors (Lipinski definition) is 7. The minimum absolute atomic E-state index is 0.0180. The van der Waals surface area contributed by atoms with E-state index in [-0.39, 0.29) is 18.1 Å². The first kappa shape index (κ1) is 20.7. The molecule has 5 rings (SSSR count). The monoisotopic (exact) mass is 459 g/mol. The van der Waals surface area contributed by atoms with E-state index >= 15 is 0 Å². The van der Waals surface area contributed by atoms with Gasteiger partial charge in [0.15, 0.2) is 11.7 Å². The van der Waals surface area contributed by atoms with Crippen LogP contribution in [0.15, 0.2) is 75.8 Å². The molecule has 0 atom stereocenters. The molecule has 33 heavy (non-hydrogen) atoms. The zero-order valence-corrected chi connectivity index (χ0v) is 18.1. The topological polar surface area (TPSA) is 102 Å². The summed E-state index contributed by atoms with van der Waals surface area (Å²) in [7, 11) is 0. The molecule has 0 spiro atoms. The van der Waals surface area contributed by atoms with Crippen molar-refractivity contribution in [1.29, 1.82) is 0 Å². The van der Waals surface area contributed by atoms with Crippen molar-refractivity contribution in [2.75, 3.05) is 23.4 Å². The number of carbonyl (C=O) groups is 2. The SMILES string of the molecule is C=CCN1C(=O)COc2ccc(-c3csc(NC(=O)c4cc5ccccc5oc4=O)n3)cc21. The fourth-order valence-corrected chi connectivity index (χ4v) is 4.25. The van der Waals surface area contributed by atoms with Gasteiger partial charge in [-0.05, 0) is 30.3 Å². The number of ether oxygens (including phenoxy) is 1. The number of thiazole rings is 1. The largest absolute Gasteiger partial charge is 0.482 e. The first-order valence-corrected chi connectivity index (χ1v) is 10.9. The van der Waals surface area contributed by atoms with E-state index in [4.69, 9.17) is 9.15 Å². The number of para-hydroxylation sites is 1. The van der Waals surface area contributed by atoms with Crippen molar-refractivity contribution in [2.45, 2.75) is 0 Å². The van der Waals surface area contributed by atoms with Crippen LogP contribution in [0, 0.1) is 0 Å². The molecule has 0 radical (unpaired) electrons. The van der Waals surface area contributed by atoms with Gasteiger partial charge in [-0.15, -0.1) is 17.9 Å². The van der Waals surface area contributed by atoms with Crippen LogP contribution in [0.5, 0.6) is 5.75 Å². The molecule has 0 saturated heterocycles. The second-order valence-corrected chi connectivity index (χ2v) is 8.10. The van der Waals surface area contributed by atoms with Gasteiger partial charge in [0.1, 0.15) is 16.9 Å². The Morgan fingerprint density at radius 3 is 2.91 bits per heavy atom. The van der Waals surface area contributed by atoms with Gasteiger partial charge in [0.2, 0.25) is 0 Å². The smallest absolute Gasteiger partial charge is 0.349 e. The van der Waals surface area contributed by atoms with Crippen molar-refractivity contribution >= 4 is 44.9 Å². The Morgan fingerprint density at radius 2 is 2.06 bits per heavy atom. The third-order valence-electron chi connectivity index (χ3n) is 5.12. The first-order chi connectivity index (χ1) is 16.0. The minimum atomic E-state index is -0.718. The van der Waals surface area contributed by atoms with E-state index in [1.54, 1.807) is 46.7 Å². The summed E-state index contributed by atoms with van der Waals surface area (Å²) in [5, 5.41) is 5.42. The number of hydrogen-bond donors (Lipinski definition) is 1. The van der Waals surface area contributed by atoms with Crippen molar-refractivity contribution in [3.63, 3.8) is 0 Å². The molecule has 0 unspecified atom stereocenters. The third-order valence-corrected chi connectivity index (χ3v) is 5.88. The molecule has 164 valence electrons. The Morgan fingerprint density at radius 1 is 1.21 bits per heavy atom. The fourth-order valence-electron chi connectivity index (χ4n) is 3.54. The van der Waals surface area contributed by atoms with Crippen LogP contribution in [0.4, 0.5) is 10.8 Å². The van der Waals surface area contributed by atoms with Crippen LogP contribution >= 0.6 is 11.3 Å². The molecular formula is C24H17N3O5S. The highest BCUT2D eigenvalue weighted by Crippen LogP contribution is 2.36. The molecule has 2 aromatic carbocycles. The van der Waals surface area contributed by atoms with Crippen molar-refractivity contribution < 1.29 is 18.7 Å². The maximum absolute atomic E-state index is 12.7. The standard InChI is InChI=1S/C24H17N3O5S/c1-2-9-27-18-11-14(7-8-20(18)31-12-21(27)28)17-13-33-24(25-17)26-22(29)16-10-15-5-3-4-6-19(15)32-23(16)30/h2-8,10-11,13H,1,9,12H2,(H,25,26,29). The van der Waals surface area contributed by atoms with E-state index in [0.717, 1.165) is 5.56 Å². The van der Waals surface area contributed by atoms with Crippen molar-refractivity contribution in [1.82, 2.24) is 4.98 Å². The molecule has 1 N–H and O–H groups in total. The molecular weight excluding hydrogens is 442 g/mol. The maximum Gasteiger partial charge on any atom is 0.349 e. The summed E-state index contributed by atoms with van der Waals surface area (Å²) >= 11 is 1.22. The number of rotatable bonds is 5. The predicted octanol–water partition coefficient (Wildman–Crippen LogP) is 4.08. The average molecular weight is 459 g/mol. The lowest BCUT2D eigenvalue weighted by molar-refractivity contribution is -0.121. The highest BCUT2D eigenvalue weighted by atomic mass is 32.1. The number of amides is 2. The van der Waals surface area contributed by atoms with Crippen molar-refractivity contribution in [2.24, 2.45) is 0 Å². The summed E-state index contributed by atoms with van der Waals surface area (Å²) in [5.41, 5.74) is 1.59. The normalized spacial score (nSPS) is 12.8. The Hall–Kier alpha value is -4.24. The second-order valence-electron chi connectivity index (χ2n) is 7.24. The van der Waals surface area contributed by atoms with Crippen LogP contribution in [0.25, 0.3) is 22.2 Å². The molecule has 4 aromatic rings. The van der Waals surface area contributed by atoms with Gasteiger partial charge in [0, 0.05) is 22.9 Å². The molecule has 0 saturated carbocycles. The van der Waals surface area contributed by atoms with Crippen molar-refractivity contribution in [3.8, 4) is 17.0 Å². The Balaban J connectivity index is 1.41. The average Bonchev–Trinajstić information content (AvgIpc) is 3.28. The summed E-state index contributed by atoms with van der Waals surface area (Å²) in [6, 6.07) is 13.9. The zero-order valence-electron chi connectivity index (χ0n) is 17.2. The Kier molecular flexibility index (Phi) is 5.23. The van der Waals surface area contributed by atoms with Crippen LogP contribution in [0.2, 0.25) is 0 Å². The molecule has 2 aromatic heterocycles. The van der Waals surface area contributed by atoms with Gasteiger partial charge in [0.25, 0.3) is 11.8 Å². The van der Waals surface area contributed by atoms with Crippen LogP contribution in [0.3, 0.4) is 0 Å². The predicted molar refractivity (Wildman–Crippen MR) is 126 cm³/mol. The molecule has 1 aliphatic rings. The number of benzene rings is 2. The molecule has 9 heteroatoms. The van der Waals surface area contributed by atoms with Crippen LogP contribution in [-0.2, 0) is 4.79 Å².